The van der Waals surface area contributed by atoms with E-state index in [9.17, 15) is 9.18 Å². The Morgan fingerprint density at radius 3 is 2.86 bits per heavy atom. The highest BCUT2D eigenvalue weighted by Gasteiger charge is 2.25. The first-order chi connectivity index (χ1) is 14.1. The van der Waals surface area contributed by atoms with Gasteiger partial charge >= 0.3 is 0 Å². The first kappa shape index (κ1) is 19.0. The zero-order valence-electron chi connectivity index (χ0n) is 16.2. The molecule has 3 aromatic rings. The molecule has 0 spiro atoms. The van der Waals surface area contributed by atoms with Crippen molar-refractivity contribution in [2.45, 2.75) is 25.7 Å². The molecule has 0 aliphatic carbocycles. The number of rotatable bonds is 4. The predicted molar refractivity (Wildman–Crippen MR) is 109 cm³/mol. The first-order valence-electron chi connectivity index (χ1n) is 9.66. The van der Waals surface area contributed by atoms with E-state index in [1.165, 1.54) is 12.1 Å². The lowest BCUT2D eigenvalue weighted by atomic mass is 9.97. The van der Waals surface area contributed by atoms with Crippen LogP contribution in [0.2, 0.25) is 0 Å². The van der Waals surface area contributed by atoms with Crippen LogP contribution in [0, 0.1) is 5.82 Å². The molecule has 0 bridgehead atoms. The van der Waals surface area contributed by atoms with Crippen molar-refractivity contribution in [1.82, 2.24) is 19.9 Å². The molecule has 0 unspecified atom stereocenters. The Kier molecular flexibility index (Phi) is 5.46. The van der Waals surface area contributed by atoms with Crippen LogP contribution >= 0.6 is 0 Å². The van der Waals surface area contributed by atoms with E-state index in [-0.39, 0.29) is 17.6 Å². The second kappa shape index (κ2) is 8.34. The fourth-order valence-electron chi connectivity index (χ4n) is 3.56. The van der Waals surface area contributed by atoms with Gasteiger partial charge < -0.3 is 10.2 Å². The Bertz CT molecular complexity index is 1010. The van der Waals surface area contributed by atoms with Crippen LogP contribution in [-0.2, 0) is 4.79 Å². The van der Waals surface area contributed by atoms with Gasteiger partial charge in [-0.3, -0.25) is 9.78 Å². The number of carbonyl (C=O) groups excluding carboxylic acids is 1. The van der Waals surface area contributed by atoms with E-state index in [0.717, 1.165) is 30.6 Å². The van der Waals surface area contributed by atoms with Crippen molar-refractivity contribution in [3.63, 3.8) is 0 Å². The summed E-state index contributed by atoms with van der Waals surface area (Å²) < 4.78 is 13.6. The SMILES string of the molecule is CC(=O)N1CCC[C@@H](c2nc(Nc3cccc(F)c3)cc(-c3cccnc3)n2)C1. The Morgan fingerprint density at radius 2 is 2.10 bits per heavy atom. The van der Waals surface area contributed by atoms with E-state index in [1.54, 1.807) is 31.5 Å². The maximum atomic E-state index is 13.6. The lowest BCUT2D eigenvalue weighted by Crippen LogP contribution is -2.38. The quantitative estimate of drug-likeness (QED) is 0.724. The largest absolute Gasteiger partial charge is 0.342 e. The Hall–Kier alpha value is -3.35. The van der Waals surface area contributed by atoms with Crippen molar-refractivity contribution in [3.05, 3.63) is 66.5 Å². The van der Waals surface area contributed by atoms with Gasteiger partial charge in [0.15, 0.2) is 0 Å². The molecular weight excluding hydrogens is 369 g/mol. The number of likely N-dealkylation sites (tertiary alicyclic amines) is 1. The number of nitrogens with one attached hydrogen (secondary N) is 1. The number of hydrogen-bond acceptors (Lipinski definition) is 5. The molecule has 3 heterocycles. The molecular formula is C22H22FN5O. The van der Waals surface area contributed by atoms with Crippen LogP contribution in [0.3, 0.4) is 0 Å². The summed E-state index contributed by atoms with van der Waals surface area (Å²) in [5.74, 6) is 1.06. The van der Waals surface area contributed by atoms with Crippen molar-refractivity contribution in [2.75, 3.05) is 18.4 Å². The van der Waals surface area contributed by atoms with Crippen LogP contribution in [0.15, 0.2) is 54.9 Å². The summed E-state index contributed by atoms with van der Waals surface area (Å²) in [4.78, 5) is 27.3. The van der Waals surface area contributed by atoms with Gasteiger partial charge in [-0.2, -0.15) is 0 Å². The van der Waals surface area contributed by atoms with Crippen LogP contribution < -0.4 is 5.32 Å². The molecule has 2 aromatic heterocycles. The summed E-state index contributed by atoms with van der Waals surface area (Å²) in [6, 6.07) is 11.9. The van der Waals surface area contributed by atoms with Gasteiger partial charge in [-0.15, -0.1) is 0 Å². The molecule has 0 saturated carbocycles. The van der Waals surface area contributed by atoms with Crippen LogP contribution in [0.1, 0.15) is 31.5 Å². The monoisotopic (exact) mass is 391 g/mol. The molecule has 1 fully saturated rings. The van der Waals surface area contributed by atoms with Gasteiger partial charge in [-0.1, -0.05) is 6.07 Å². The first-order valence-corrected chi connectivity index (χ1v) is 9.66. The molecule has 4 rings (SSSR count). The number of anilines is 2. The molecule has 1 amide bonds. The van der Waals surface area contributed by atoms with Crippen molar-refractivity contribution in [2.24, 2.45) is 0 Å². The number of nitrogens with zero attached hydrogens (tertiary/aromatic N) is 4. The van der Waals surface area contributed by atoms with E-state index in [4.69, 9.17) is 9.97 Å². The zero-order chi connectivity index (χ0) is 20.2. The van der Waals surface area contributed by atoms with Gasteiger partial charge in [-0.25, -0.2) is 14.4 Å². The fourth-order valence-corrected chi connectivity index (χ4v) is 3.56. The van der Waals surface area contributed by atoms with Crippen LogP contribution in [-0.4, -0.2) is 38.8 Å². The summed E-state index contributed by atoms with van der Waals surface area (Å²) in [6.45, 7) is 2.96. The molecule has 1 saturated heterocycles. The number of benzene rings is 1. The van der Waals surface area contributed by atoms with Crippen molar-refractivity contribution in [3.8, 4) is 11.3 Å². The Morgan fingerprint density at radius 1 is 1.21 bits per heavy atom. The standard InChI is InChI=1S/C22H22FN5O/c1-15(29)28-10-4-6-17(14-28)22-26-20(16-5-3-9-24-13-16)12-21(27-22)25-19-8-2-7-18(23)11-19/h2-3,5,7-9,11-13,17H,4,6,10,14H2,1H3,(H,25,26,27)/t17-/m1/s1. The number of aromatic nitrogens is 3. The van der Waals surface area contributed by atoms with Crippen molar-refractivity contribution in [1.29, 1.82) is 0 Å². The molecule has 6 nitrogen and oxygen atoms in total. The number of pyridine rings is 1. The highest BCUT2D eigenvalue weighted by atomic mass is 19.1. The minimum Gasteiger partial charge on any atom is -0.342 e. The highest BCUT2D eigenvalue weighted by molar-refractivity contribution is 5.73. The second-order valence-electron chi connectivity index (χ2n) is 7.18. The van der Waals surface area contributed by atoms with Gasteiger partial charge in [0.05, 0.1) is 5.69 Å². The lowest BCUT2D eigenvalue weighted by molar-refractivity contribution is -0.130. The number of halogens is 1. The van der Waals surface area contributed by atoms with Gasteiger partial charge in [0.25, 0.3) is 0 Å². The molecule has 1 aromatic carbocycles. The van der Waals surface area contributed by atoms with E-state index >= 15 is 0 Å². The minimum atomic E-state index is -0.318. The average Bonchev–Trinajstić information content (AvgIpc) is 2.74. The van der Waals surface area contributed by atoms with Gasteiger partial charge in [0.2, 0.25) is 5.91 Å². The predicted octanol–water partition coefficient (Wildman–Crippen LogP) is 4.15. The van der Waals surface area contributed by atoms with E-state index in [2.05, 4.69) is 10.3 Å². The summed E-state index contributed by atoms with van der Waals surface area (Å²) in [5, 5.41) is 3.18. The summed E-state index contributed by atoms with van der Waals surface area (Å²) in [7, 11) is 0. The molecule has 1 aliphatic heterocycles. The van der Waals surface area contributed by atoms with Gasteiger partial charge in [-0.05, 0) is 43.2 Å². The average molecular weight is 391 g/mol. The Balaban J connectivity index is 1.71. The molecule has 7 heteroatoms. The highest BCUT2D eigenvalue weighted by Crippen LogP contribution is 2.29. The molecule has 1 aliphatic rings. The third kappa shape index (κ3) is 4.56. The molecule has 0 radical (unpaired) electrons. The topological polar surface area (TPSA) is 71.0 Å². The summed E-state index contributed by atoms with van der Waals surface area (Å²) >= 11 is 0. The van der Waals surface area contributed by atoms with Crippen LogP contribution in [0.5, 0.6) is 0 Å². The fraction of sp³-hybridized carbons (Fsp3) is 0.273. The molecule has 148 valence electrons. The van der Waals surface area contributed by atoms with Crippen molar-refractivity contribution >= 4 is 17.4 Å². The number of hydrogen-bond donors (Lipinski definition) is 1. The number of carbonyl (C=O) groups is 1. The third-order valence-corrected chi connectivity index (χ3v) is 5.03. The second-order valence-corrected chi connectivity index (χ2v) is 7.18. The normalized spacial score (nSPS) is 16.5. The zero-order valence-corrected chi connectivity index (χ0v) is 16.2. The smallest absolute Gasteiger partial charge is 0.219 e. The number of piperidine rings is 1. The maximum Gasteiger partial charge on any atom is 0.219 e. The molecule has 1 atom stereocenters. The van der Waals surface area contributed by atoms with Crippen LogP contribution in [0.4, 0.5) is 15.9 Å². The lowest BCUT2D eigenvalue weighted by Gasteiger charge is -2.31. The third-order valence-electron chi connectivity index (χ3n) is 5.03. The van der Waals surface area contributed by atoms with Gasteiger partial charge in [0, 0.05) is 55.6 Å². The summed E-state index contributed by atoms with van der Waals surface area (Å²) in [6.07, 6.45) is 5.29. The van der Waals surface area contributed by atoms with E-state index < -0.39 is 0 Å². The van der Waals surface area contributed by atoms with E-state index in [1.807, 2.05) is 23.1 Å². The Labute approximate surface area is 168 Å². The van der Waals surface area contributed by atoms with Crippen LogP contribution in [0.25, 0.3) is 11.3 Å². The summed E-state index contributed by atoms with van der Waals surface area (Å²) in [5.41, 5.74) is 2.22. The minimum absolute atomic E-state index is 0.0531. The number of amides is 1. The molecule has 29 heavy (non-hydrogen) atoms. The maximum absolute atomic E-state index is 13.6. The van der Waals surface area contributed by atoms with Crippen molar-refractivity contribution < 1.29 is 9.18 Å². The molecule has 1 N–H and O–H groups in total. The van der Waals surface area contributed by atoms with E-state index in [0.29, 0.717) is 23.9 Å². The van der Waals surface area contributed by atoms with Gasteiger partial charge in [0.1, 0.15) is 17.5 Å².